The van der Waals surface area contributed by atoms with Gasteiger partial charge in [0.25, 0.3) is 0 Å². The lowest BCUT2D eigenvalue weighted by atomic mass is 10.00. The van der Waals surface area contributed by atoms with E-state index in [4.69, 9.17) is 23.7 Å². The van der Waals surface area contributed by atoms with Crippen LogP contribution in [0.25, 0.3) is 0 Å². The van der Waals surface area contributed by atoms with Gasteiger partial charge in [-0.2, -0.15) is 0 Å². The van der Waals surface area contributed by atoms with Crippen molar-refractivity contribution in [1.29, 1.82) is 0 Å². The number of rotatable bonds is 5. The lowest BCUT2D eigenvalue weighted by Gasteiger charge is -2.44. The summed E-state index contributed by atoms with van der Waals surface area (Å²) in [6.45, 7) is 0.324. The minimum absolute atomic E-state index is 0.301. The van der Waals surface area contributed by atoms with Crippen LogP contribution in [-0.2, 0) is 23.7 Å². The third kappa shape index (κ3) is 4.21. The number of aliphatic hydroxyl groups is 1. The summed E-state index contributed by atoms with van der Waals surface area (Å²) >= 11 is 0. The second-order valence-corrected chi connectivity index (χ2v) is 6.70. The second-order valence-electron chi connectivity index (χ2n) is 6.70. The van der Waals surface area contributed by atoms with Crippen molar-refractivity contribution in [2.24, 2.45) is 0 Å². The van der Waals surface area contributed by atoms with Gasteiger partial charge in [-0.1, -0.05) is 60.7 Å². The van der Waals surface area contributed by atoms with Crippen molar-refractivity contribution in [3.8, 4) is 0 Å². The summed E-state index contributed by atoms with van der Waals surface area (Å²) in [5.41, 5.74) is 1.81. The molecule has 0 bridgehead atoms. The summed E-state index contributed by atoms with van der Waals surface area (Å²) in [5, 5.41) is 10.6. The van der Waals surface area contributed by atoms with Gasteiger partial charge in [-0.05, 0) is 0 Å². The molecule has 2 saturated heterocycles. The molecule has 2 fully saturated rings. The van der Waals surface area contributed by atoms with Crippen LogP contribution in [0.3, 0.4) is 0 Å². The summed E-state index contributed by atoms with van der Waals surface area (Å²) in [6, 6.07) is 19.3. The van der Waals surface area contributed by atoms with Crippen molar-refractivity contribution >= 4 is 0 Å². The predicted molar refractivity (Wildman–Crippen MR) is 96.6 cm³/mol. The van der Waals surface area contributed by atoms with Crippen LogP contribution in [0.2, 0.25) is 0 Å². The first-order valence-corrected chi connectivity index (χ1v) is 9.13. The summed E-state index contributed by atoms with van der Waals surface area (Å²) in [6.07, 6.45) is -2.94. The average Bonchev–Trinajstić information content (AvgIpc) is 2.73. The molecule has 6 heteroatoms. The van der Waals surface area contributed by atoms with Crippen molar-refractivity contribution < 1.29 is 28.8 Å². The van der Waals surface area contributed by atoms with Gasteiger partial charge in [-0.3, -0.25) is 0 Å². The zero-order chi connectivity index (χ0) is 18.6. The lowest BCUT2D eigenvalue weighted by Crippen LogP contribution is -2.55. The summed E-state index contributed by atoms with van der Waals surface area (Å²) in [7, 11) is 1.58. The number of fused-ring (bicyclic) bond motifs is 1. The SMILES string of the molecule is COC(OC1C[C@@H](O)[C@@H]2OC(c3ccccc3)OC[C@H]2O1)c1ccccc1. The molecule has 1 N–H and O–H groups in total. The molecule has 2 aromatic rings. The fraction of sp³-hybridized carbons (Fsp3) is 0.429. The van der Waals surface area contributed by atoms with Gasteiger partial charge in [0.1, 0.15) is 12.2 Å². The zero-order valence-electron chi connectivity index (χ0n) is 15.1. The van der Waals surface area contributed by atoms with Crippen LogP contribution in [-0.4, -0.2) is 43.4 Å². The van der Waals surface area contributed by atoms with E-state index in [0.29, 0.717) is 13.0 Å². The van der Waals surface area contributed by atoms with Crippen molar-refractivity contribution in [1.82, 2.24) is 0 Å². The van der Waals surface area contributed by atoms with E-state index in [0.717, 1.165) is 11.1 Å². The maximum absolute atomic E-state index is 10.6. The minimum atomic E-state index is -0.711. The molecule has 144 valence electrons. The number of ether oxygens (including phenoxy) is 5. The molecule has 0 aromatic heterocycles. The highest BCUT2D eigenvalue weighted by atomic mass is 16.8. The molecule has 2 aliphatic rings. The highest BCUT2D eigenvalue weighted by Crippen LogP contribution is 2.35. The molecule has 0 radical (unpaired) electrons. The van der Waals surface area contributed by atoms with Gasteiger partial charge in [-0.25, -0.2) is 0 Å². The Morgan fingerprint density at radius 3 is 2.41 bits per heavy atom. The number of aliphatic hydroxyl groups excluding tert-OH is 1. The van der Waals surface area contributed by atoms with Crippen LogP contribution < -0.4 is 0 Å². The first kappa shape index (κ1) is 18.6. The second kappa shape index (κ2) is 8.48. The standard InChI is InChI=1S/C21H24O6/c1-23-20(14-8-4-2-5-9-14)26-18-12-16(22)19-17(25-18)13-24-21(27-19)15-10-6-3-7-11-15/h2-11,16-22H,12-13H2,1H3/t16-,17-,18?,19+,20?,21?/m1/s1. The number of methoxy groups -OCH3 is 1. The van der Waals surface area contributed by atoms with Gasteiger partial charge >= 0.3 is 0 Å². The normalized spacial score (nSPS) is 31.9. The Morgan fingerprint density at radius 1 is 1.00 bits per heavy atom. The number of hydrogen-bond donors (Lipinski definition) is 1. The molecule has 0 amide bonds. The van der Waals surface area contributed by atoms with E-state index < -0.39 is 37.2 Å². The summed E-state index contributed by atoms with van der Waals surface area (Å²) in [4.78, 5) is 0. The molecule has 27 heavy (non-hydrogen) atoms. The molecule has 4 rings (SSSR count). The fourth-order valence-electron chi connectivity index (χ4n) is 3.47. The largest absolute Gasteiger partial charge is 0.390 e. The predicted octanol–water partition coefficient (Wildman–Crippen LogP) is 2.94. The maximum atomic E-state index is 10.6. The third-order valence-corrected chi connectivity index (χ3v) is 4.83. The Hall–Kier alpha value is -1.80. The van der Waals surface area contributed by atoms with E-state index in [2.05, 4.69) is 0 Å². The van der Waals surface area contributed by atoms with Crippen molar-refractivity contribution in [3.05, 3.63) is 71.8 Å². The van der Waals surface area contributed by atoms with E-state index in [-0.39, 0.29) is 0 Å². The first-order chi connectivity index (χ1) is 13.2. The van der Waals surface area contributed by atoms with Crippen LogP contribution in [0, 0.1) is 0 Å². The van der Waals surface area contributed by atoms with Crippen LogP contribution in [0.4, 0.5) is 0 Å². The van der Waals surface area contributed by atoms with Gasteiger partial charge < -0.3 is 28.8 Å². The molecule has 2 aliphatic heterocycles. The maximum Gasteiger partial charge on any atom is 0.186 e. The van der Waals surface area contributed by atoms with Crippen LogP contribution in [0.5, 0.6) is 0 Å². The van der Waals surface area contributed by atoms with Crippen LogP contribution in [0.1, 0.15) is 30.1 Å². The molecule has 3 unspecified atom stereocenters. The molecule has 2 heterocycles. The van der Waals surface area contributed by atoms with Gasteiger partial charge in [0.2, 0.25) is 0 Å². The number of hydrogen-bond acceptors (Lipinski definition) is 6. The molecule has 0 aliphatic carbocycles. The molecule has 6 atom stereocenters. The topological polar surface area (TPSA) is 66.4 Å². The molecule has 0 saturated carbocycles. The zero-order valence-corrected chi connectivity index (χ0v) is 15.1. The Labute approximate surface area is 158 Å². The molecular weight excluding hydrogens is 348 g/mol. The van der Waals surface area contributed by atoms with Crippen LogP contribution >= 0.6 is 0 Å². The Bertz CT molecular complexity index is 709. The highest BCUT2D eigenvalue weighted by Gasteiger charge is 2.44. The van der Waals surface area contributed by atoms with Gasteiger partial charge in [0, 0.05) is 24.7 Å². The smallest absolute Gasteiger partial charge is 0.186 e. The van der Waals surface area contributed by atoms with Crippen molar-refractivity contribution in [2.45, 2.75) is 43.6 Å². The Balaban J connectivity index is 1.39. The van der Waals surface area contributed by atoms with Crippen LogP contribution in [0.15, 0.2) is 60.7 Å². The molecule has 0 spiro atoms. The average molecular weight is 372 g/mol. The minimum Gasteiger partial charge on any atom is -0.390 e. The highest BCUT2D eigenvalue weighted by molar-refractivity contribution is 5.17. The quantitative estimate of drug-likeness (QED) is 0.814. The molecule has 6 nitrogen and oxygen atoms in total. The van der Waals surface area contributed by atoms with Crippen molar-refractivity contribution in [3.63, 3.8) is 0 Å². The van der Waals surface area contributed by atoms with Gasteiger partial charge in [0.05, 0.1) is 12.7 Å². The van der Waals surface area contributed by atoms with Crippen molar-refractivity contribution in [2.75, 3.05) is 13.7 Å². The Morgan fingerprint density at radius 2 is 1.70 bits per heavy atom. The van der Waals surface area contributed by atoms with Gasteiger partial charge in [-0.15, -0.1) is 0 Å². The monoisotopic (exact) mass is 372 g/mol. The fourth-order valence-corrected chi connectivity index (χ4v) is 3.47. The summed E-state index contributed by atoms with van der Waals surface area (Å²) < 4.78 is 29.1. The number of benzene rings is 2. The van der Waals surface area contributed by atoms with E-state index >= 15 is 0 Å². The Kier molecular flexibility index (Phi) is 5.83. The summed E-state index contributed by atoms with van der Waals surface area (Å²) in [5.74, 6) is 0. The molecular formula is C21H24O6. The first-order valence-electron chi connectivity index (χ1n) is 9.13. The van der Waals surface area contributed by atoms with E-state index in [1.54, 1.807) is 7.11 Å². The lowest BCUT2D eigenvalue weighted by molar-refractivity contribution is -0.354. The van der Waals surface area contributed by atoms with E-state index in [1.165, 1.54) is 0 Å². The molecule has 2 aromatic carbocycles. The van der Waals surface area contributed by atoms with E-state index in [9.17, 15) is 5.11 Å². The van der Waals surface area contributed by atoms with Gasteiger partial charge in [0.15, 0.2) is 18.9 Å². The third-order valence-electron chi connectivity index (χ3n) is 4.83. The van der Waals surface area contributed by atoms with E-state index in [1.807, 2.05) is 60.7 Å².